The van der Waals surface area contributed by atoms with Crippen LogP contribution in [-0.4, -0.2) is 40.6 Å². The van der Waals surface area contributed by atoms with Crippen molar-refractivity contribution in [3.8, 4) is 0 Å². The zero-order valence-corrected chi connectivity index (χ0v) is 14.5. The summed E-state index contributed by atoms with van der Waals surface area (Å²) in [5.74, 6) is 1.43. The Balaban J connectivity index is 1.77. The van der Waals surface area contributed by atoms with Crippen molar-refractivity contribution in [1.29, 1.82) is 0 Å². The van der Waals surface area contributed by atoms with Gasteiger partial charge in [-0.2, -0.15) is 11.8 Å². The first-order valence-electron chi connectivity index (χ1n) is 8.68. The van der Waals surface area contributed by atoms with Gasteiger partial charge in [0.25, 0.3) is 0 Å². The number of amides is 1. The van der Waals surface area contributed by atoms with E-state index in [0.29, 0.717) is 28.7 Å². The Morgan fingerprint density at radius 1 is 1.29 bits per heavy atom. The fraction of sp³-hybridized carbons (Fsp3) is 0.941. The molecule has 3 fully saturated rings. The van der Waals surface area contributed by atoms with Crippen LogP contribution in [0.4, 0.5) is 0 Å². The third kappa shape index (κ3) is 2.86. The first-order chi connectivity index (χ1) is 10.1. The second-order valence-electron chi connectivity index (χ2n) is 7.58. The van der Waals surface area contributed by atoms with Crippen LogP contribution in [0.5, 0.6) is 0 Å². The summed E-state index contributed by atoms with van der Waals surface area (Å²) < 4.78 is 0.347. The van der Waals surface area contributed by atoms with Crippen molar-refractivity contribution in [2.75, 3.05) is 12.8 Å². The van der Waals surface area contributed by atoms with Gasteiger partial charge in [-0.3, -0.25) is 10.1 Å². The number of carbonyl (C=O) groups excluding carboxylic acids is 1. The highest BCUT2D eigenvalue weighted by Gasteiger charge is 2.48. The Morgan fingerprint density at radius 3 is 2.43 bits per heavy atom. The summed E-state index contributed by atoms with van der Waals surface area (Å²) in [6.45, 7) is 5.29. The Hall–Kier alpha value is -0.220. The topological polar surface area (TPSA) is 32.3 Å². The van der Waals surface area contributed by atoms with Gasteiger partial charge in [0.05, 0.1) is 12.2 Å². The van der Waals surface area contributed by atoms with Gasteiger partial charge in [0.2, 0.25) is 5.91 Å². The van der Waals surface area contributed by atoms with Crippen molar-refractivity contribution in [3.63, 3.8) is 0 Å². The lowest BCUT2D eigenvalue weighted by molar-refractivity contribution is -0.132. The molecule has 3 nitrogen and oxygen atoms in total. The van der Waals surface area contributed by atoms with Crippen LogP contribution in [0.25, 0.3) is 0 Å². The smallest absolute Gasteiger partial charge is 0.241 e. The zero-order valence-electron chi connectivity index (χ0n) is 13.7. The van der Waals surface area contributed by atoms with Crippen LogP contribution in [-0.2, 0) is 4.79 Å². The molecule has 0 radical (unpaired) electrons. The molecule has 0 spiro atoms. The van der Waals surface area contributed by atoms with E-state index in [1.165, 1.54) is 44.9 Å². The molecular formula is C17H30N2OS. The Bertz CT molecular complexity index is 383. The molecule has 0 aromatic heterocycles. The molecule has 0 aromatic rings. The van der Waals surface area contributed by atoms with Crippen LogP contribution in [0.15, 0.2) is 0 Å². The molecule has 2 unspecified atom stereocenters. The highest BCUT2D eigenvalue weighted by Crippen LogP contribution is 2.45. The fourth-order valence-electron chi connectivity index (χ4n) is 4.29. The van der Waals surface area contributed by atoms with E-state index in [9.17, 15) is 4.79 Å². The monoisotopic (exact) mass is 310 g/mol. The van der Waals surface area contributed by atoms with E-state index in [1.54, 1.807) is 0 Å². The lowest BCUT2D eigenvalue weighted by Gasteiger charge is -2.44. The maximum absolute atomic E-state index is 12.9. The van der Waals surface area contributed by atoms with Gasteiger partial charge in [-0.05, 0) is 43.8 Å². The molecule has 1 saturated heterocycles. The molecule has 1 amide bonds. The number of hydrogen-bond acceptors (Lipinski definition) is 3. The average molecular weight is 311 g/mol. The van der Waals surface area contributed by atoms with E-state index in [2.05, 4.69) is 30.3 Å². The van der Waals surface area contributed by atoms with E-state index in [0.717, 1.165) is 6.54 Å². The minimum absolute atomic E-state index is 0.0367. The van der Waals surface area contributed by atoms with Gasteiger partial charge < -0.3 is 4.90 Å². The molecule has 0 bridgehead atoms. The summed E-state index contributed by atoms with van der Waals surface area (Å²) in [5, 5.41) is 3.69. The molecular weight excluding hydrogens is 280 g/mol. The fourth-order valence-corrected chi connectivity index (χ4v) is 5.25. The minimum atomic E-state index is 0.0367. The Morgan fingerprint density at radius 2 is 1.95 bits per heavy atom. The summed E-state index contributed by atoms with van der Waals surface area (Å²) in [6, 6.07) is 0.0367. The molecule has 3 aliphatic rings. The van der Waals surface area contributed by atoms with Crippen molar-refractivity contribution < 1.29 is 4.79 Å². The number of rotatable bonds is 5. The second kappa shape index (κ2) is 6.11. The highest BCUT2D eigenvalue weighted by molar-refractivity contribution is 8.00. The number of nitrogens with one attached hydrogen (secondary N) is 1. The van der Waals surface area contributed by atoms with E-state index in [1.807, 2.05) is 11.8 Å². The van der Waals surface area contributed by atoms with Crippen LogP contribution >= 0.6 is 11.8 Å². The number of nitrogens with zero attached hydrogens (tertiary/aromatic N) is 1. The lowest BCUT2D eigenvalue weighted by atomic mass is 9.83. The molecule has 1 heterocycles. The van der Waals surface area contributed by atoms with Crippen molar-refractivity contribution >= 4 is 17.7 Å². The molecule has 3 rings (SSSR count). The maximum Gasteiger partial charge on any atom is 0.241 e. The van der Waals surface area contributed by atoms with Crippen LogP contribution in [0.3, 0.4) is 0 Å². The lowest BCUT2D eigenvalue weighted by Crippen LogP contribution is -2.51. The molecule has 1 N–H and O–H groups in total. The van der Waals surface area contributed by atoms with Gasteiger partial charge in [-0.1, -0.05) is 33.1 Å². The Labute approximate surface area is 133 Å². The van der Waals surface area contributed by atoms with Gasteiger partial charge >= 0.3 is 0 Å². The molecule has 1 aliphatic heterocycles. The standard InChI is InChI=1S/C17H30N2OS/c1-12(2)14-16(20)19(11-17(21-3)9-6-10-17)15(18-14)13-7-4-5-8-13/h12-15,18H,4-11H2,1-3H3. The summed E-state index contributed by atoms with van der Waals surface area (Å²) in [5.41, 5.74) is 0. The molecule has 0 aromatic carbocycles. The molecule has 2 atom stereocenters. The average Bonchev–Trinajstić information content (AvgIpc) is 3.02. The van der Waals surface area contributed by atoms with Gasteiger partial charge in [0.15, 0.2) is 0 Å². The van der Waals surface area contributed by atoms with E-state index < -0.39 is 0 Å². The van der Waals surface area contributed by atoms with Crippen molar-refractivity contribution in [2.24, 2.45) is 11.8 Å². The van der Waals surface area contributed by atoms with Crippen LogP contribution < -0.4 is 5.32 Å². The second-order valence-corrected chi connectivity index (χ2v) is 8.86. The molecule has 2 saturated carbocycles. The van der Waals surface area contributed by atoms with Crippen molar-refractivity contribution in [2.45, 2.75) is 75.7 Å². The summed E-state index contributed by atoms with van der Waals surface area (Å²) in [7, 11) is 0. The predicted molar refractivity (Wildman–Crippen MR) is 89.3 cm³/mol. The third-order valence-electron chi connectivity index (χ3n) is 5.90. The van der Waals surface area contributed by atoms with Gasteiger partial charge in [0.1, 0.15) is 0 Å². The number of carbonyl (C=O) groups is 1. The number of hydrogen-bond donors (Lipinski definition) is 1. The number of thioether (sulfide) groups is 1. The van der Waals surface area contributed by atoms with E-state index >= 15 is 0 Å². The van der Waals surface area contributed by atoms with Crippen LogP contribution in [0, 0.1) is 11.8 Å². The summed E-state index contributed by atoms with van der Waals surface area (Å²) >= 11 is 1.98. The largest absolute Gasteiger partial charge is 0.324 e. The molecule has 2 aliphatic carbocycles. The van der Waals surface area contributed by atoms with Crippen LogP contribution in [0.2, 0.25) is 0 Å². The normalized spacial score (nSPS) is 33.0. The van der Waals surface area contributed by atoms with Gasteiger partial charge in [-0.15, -0.1) is 0 Å². The van der Waals surface area contributed by atoms with E-state index in [4.69, 9.17) is 0 Å². The van der Waals surface area contributed by atoms with Gasteiger partial charge in [0, 0.05) is 11.3 Å². The van der Waals surface area contributed by atoms with E-state index in [-0.39, 0.29) is 6.04 Å². The van der Waals surface area contributed by atoms with Crippen LogP contribution in [0.1, 0.15) is 58.8 Å². The Kier molecular flexibility index (Phi) is 4.56. The predicted octanol–water partition coefficient (Wildman–Crippen LogP) is 3.24. The first kappa shape index (κ1) is 15.7. The van der Waals surface area contributed by atoms with Gasteiger partial charge in [-0.25, -0.2) is 0 Å². The minimum Gasteiger partial charge on any atom is -0.324 e. The third-order valence-corrected chi connectivity index (χ3v) is 7.31. The zero-order chi connectivity index (χ0) is 15.0. The first-order valence-corrected chi connectivity index (χ1v) is 9.90. The molecule has 4 heteroatoms. The molecule has 120 valence electrons. The van der Waals surface area contributed by atoms with Crippen molar-refractivity contribution in [1.82, 2.24) is 10.2 Å². The maximum atomic E-state index is 12.9. The quantitative estimate of drug-likeness (QED) is 0.846. The summed E-state index contributed by atoms with van der Waals surface area (Å²) in [6.07, 6.45) is 11.7. The highest BCUT2D eigenvalue weighted by atomic mass is 32.2. The summed E-state index contributed by atoms with van der Waals surface area (Å²) in [4.78, 5) is 15.1. The SMILES string of the molecule is CSC1(CN2C(=O)C(C(C)C)NC2C2CCCC2)CCC1. The molecule has 21 heavy (non-hydrogen) atoms. The van der Waals surface area contributed by atoms with Crippen molar-refractivity contribution in [3.05, 3.63) is 0 Å².